The molecule has 0 fully saturated rings. The summed E-state index contributed by atoms with van der Waals surface area (Å²) >= 11 is 0. The van der Waals surface area contributed by atoms with Crippen LogP contribution in [0.2, 0.25) is 0 Å². The molecule has 1 aromatic heterocycles. The highest BCUT2D eigenvalue weighted by molar-refractivity contribution is 7.93. The lowest BCUT2D eigenvalue weighted by Gasteiger charge is -2.13. The van der Waals surface area contributed by atoms with Crippen LogP contribution in [0.15, 0.2) is 87.2 Å². The van der Waals surface area contributed by atoms with E-state index in [4.69, 9.17) is 10.2 Å². The number of hydrogen-bond donors (Lipinski definition) is 2. The Bertz CT molecular complexity index is 1460. The Morgan fingerprint density at radius 1 is 0.906 bits per heavy atom. The van der Waals surface area contributed by atoms with Crippen molar-refractivity contribution in [2.45, 2.75) is 23.2 Å². The summed E-state index contributed by atoms with van der Waals surface area (Å²) < 4.78 is 73.0. The lowest BCUT2D eigenvalue weighted by Crippen LogP contribution is -2.16. The van der Waals surface area contributed by atoms with Crippen molar-refractivity contribution in [2.75, 3.05) is 10.5 Å². The van der Waals surface area contributed by atoms with Crippen molar-refractivity contribution in [2.24, 2.45) is 0 Å². The van der Waals surface area contributed by atoms with Crippen molar-refractivity contribution in [3.8, 4) is 0 Å². The van der Waals surface area contributed by atoms with E-state index >= 15 is 0 Å². The first-order chi connectivity index (χ1) is 14.6. The number of rotatable bonds is 6. The van der Waals surface area contributed by atoms with Crippen molar-refractivity contribution in [3.05, 3.63) is 84.2 Å². The third-order valence-corrected chi connectivity index (χ3v) is 7.46. The first-order valence-corrected chi connectivity index (χ1v) is 12.2. The fraction of sp³-hybridized carbons (Fsp3) is 0.0909. The standard InChI is InChI=1S/C21H17FN2O5S2.CH4/c22-16-8-9-20(30(25,26)13-14-4-3-6-17(23)10-14)18(12-16)24-31(27,28)21-11-15-5-1-2-7-19(15)29-21;/h1-12,24H,13,23H2;1H4. The van der Waals surface area contributed by atoms with Gasteiger partial charge < -0.3 is 10.2 Å². The molecule has 0 amide bonds. The Morgan fingerprint density at radius 2 is 1.66 bits per heavy atom. The van der Waals surface area contributed by atoms with Crippen molar-refractivity contribution in [1.82, 2.24) is 0 Å². The van der Waals surface area contributed by atoms with Crippen LogP contribution in [0, 0.1) is 5.82 Å². The summed E-state index contributed by atoms with van der Waals surface area (Å²) in [6.45, 7) is 0. The van der Waals surface area contributed by atoms with Crippen LogP contribution in [0.25, 0.3) is 11.0 Å². The van der Waals surface area contributed by atoms with Gasteiger partial charge in [0.05, 0.1) is 16.3 Å². The molecule has 0 saturated heterocycles. The van der Waals surface area contributed by atoms with Crippen molar-refractivity contribution in [3.63, 3.8) is 0 Å². The van der Waals surface area contributed by atoms with Crippen molar-refractivity contribution >= 4 is 42.2 Å². The third kappa shape index (κ3) is 4.76. The number of nitrogen functional groups attached to an aromatic ring is 1. The van der Waals surface area contributed by atoms with Gasteiger partial charge in [0.2, 0.25) is 5.09 Å². The van der Waals surface area contributed by atoms with Gasteiger partial charge in [0, 0.05) is 17.1 Å². The number of sulfone groups is 1. The fourth-order valence-electron chi connectivity index (χ4n) is 3.12. The summed E-state index contributed by atoms with van der Waals surface area (Å²) in [7, 11) is -8.36. The topological polar surface area (TPSA) is 119 Å². The van der Waals surface area contributed by atoms with E-state index in [2.05, 4.69) is 4.72 Å². The SMILES string of the molecule is C.Nc1cccc(CS(=O)(=O)c2ccc(F)cc2NS(=O)(=O)c2cc3ccccc3o2)c1. The van der Waals surface area contributed by atoms with E-state index in [0.717, 1.165) is 18.2 Å². The van der Waals surface area contributed by atoms with Crippen molar-refractivity contribution in [1.29, 1.82) is 0 Å². The molecule has 4 aromatic rings. The molecule has 3 aromatic carbocycles. The quantitative estimate of drug-likeness (QED) is 0.311. The molecule has 1 heterocycles. The van der Waals surface area contributed by atoms with Gasteiger partial charge in [0.1, 0.15) is 11.4 Å². The van der Waals surface area contributed by atoms with Gasteiger partial charge in [-0.15, -0.1) is 0 Å². The average Bonchev–Trinajstić information content (AvgIpc) is 3.12. The predicted molar refractivity (Wildman–Crippen MR) is 122 cm³/mol. The minimum atomic E-state index is -4.32. The Morgan fingerprint density at radius 3 is 2.38 bits per heavy atom. The van der Waals surface area contributed by atoms with E-state index in [9.17, 15) is 21.2 Å². The van der Waals surface area contributed by atoms with Crippen molar-refractivity contribution < 1.29 is 25.6 Å². The van der Waals surface area contributed by atoms with Crippen LogP contribution < -0.4 is 10.5 Å². The smallest absolute Gasteiger partial charge is 0.295 e. The van der Waals surface area contributed by atoms with E-state index < -0.39 is 42.2 Å². The Hall–Kier alpha value is -3.37. The molecule has 0 aliphatic heterocycles. The number of furan rings is 1. The molecule has 0 saturated carbocycles. The number of para-hydroxylation sites is 1. The van der Waals surface area contributed by atoms with E-state index in [1.165, 1.54) is 12.1 Å². The summed E-state index contributed by atoms with van der Waals surface area (Å²) in [5.41, 5.74) is 6.43. The number of sulfonamides is 1. The molecule has 0 unspecified atom stereocenters. The van der Waals surface area contributed by atoms with E-state index in [0.29, 0.717) is 22.2 Å². The van der Waals surface area contributed by atoms with E-state index in [1.807, 2.05) is 0 Å². The third-order valence-electron chi connectivity index (χ3n) is 4.50. The largest absolute Gasteiger partial charge is 0.443 e. The van der Waals surface area contributed by atoms with Crippen LogP contribution >= 0.6 is 0 Å². The minimum absolute atomic E-state index is 0. The zero-order chi connectivity index (χ0) is 22.2. The highest BCUT2D eigenvalue weighted by Gasteiger charge is 2.26. The number of nitrogens with two attached hydrogens (primary N) is 1. The number of nitrogens with one attached hydrogen (secondary N) is 1. The van der Waals surface area contributed by atoms with Gasteiger partial charge >= 0.3 is 0 Å². The Balaban J connectivity index is 0.00000289. The van der Waals surface area contributed by atoms with Gasteiger partial charge in [0.15, 0.2) is 9.84 Å². The summed E-state index contributed by atoms with van der Waals surface area (Å²) in [5, 5.41) is 0.133. The number of fused-ring (bicyclic) bond motifs is 1. The second-order valence-electron chi connectivity index (χ2n) is 6.85. The van der Waals surface area contributed by atoms with E-state index in [-0.39, 0.29) is 12.3 Å². The number of benzene rings is 3. The zero-order valence-electron chi connectivity index (χ0n) is 15.9. The summed E-state index contributed by atoms with van der Waals surface area (Å²) in [6, 6.07) is 17.0. The van der Waals surface area contributed by atoms with Crippen LogP contribution in [0.3, 0.4) is 0 Å². The molecule has 0 atom stereocenters. The molecule has 0 radical (unpaired) electrons. The van der Waals surface area contributed by atoms with Gasteiger partial charge in [0.25, 0.3) is 10.0 Å². The molecule has 0 spiro atoms. The molecule has 32 heavy (non-hydrogen) atoms. The molecule has 0 bridgehead atoms. The first-order valence-electron chi connectivity index (χ1n) is 9.02. The number of hydrogen-bond acceptors (Lipinski definition) is 6. The Kier molecular flexibility index (Phi) is 6.29. The maximum atomic E-state index is 13.9. The molecule has 0 aliphatic rings. The van der Waals surface area contributed by atoms with Crippen LogP contribution in [0.4, 0.5) is 15.8 Å². The molecule has 0 aliphatic carbocycles. The zero-order valence-corrected chi connectivity index (χ0v) is 17.6. The second-order valence-corrected chi connectivity index (χ2v) is 10.4. The maximum Gasteiger partial charge on any atom is 0.295 e. The average molecular weight is 477 g/mol. The molecular weight excluding hydrogens is 455 g/mol. The Labute approximate surface area is 185 Å². The molecule has 10 heteroatoms. The van der Waals surface area contributed by atoms with E-state index in [1.54, 1.807) is 42.5 Å². The monoisotopic (exact) mass is 476 g/mol. The lowest BCUT2D eigenvalue weighted by molar-refractivity contribution is 0.484. The number of halogens is 1. The van der Waals surface area contributed by atoms with Crippen LogP contribution in [-0.4, -0.2) is 16.8 Å². The second kappa shape index (κ2) is 8.64. The fourth-order valence-corrected chi connectivity index (χ4v) is 5.72. The normalized spacial score (nSPS) is 11.8. The van der Waals surface area contributed by atoms with Crippen LogP contribution in [-0.2, 0) is 25.6 Å². The highest BCUT2D eigenvalue weighted by atomic mass is 32.2. The first kappa shape index (κ1) is 23.3. The minimum Gasteiger partial charge on any atom is -0.443 e. The van der Waals surface area contributed by atoms with Gasteiger partial charge in [-0.25, -0.2) is 12.8 Å². The summed E-state index contributed by atoms with van der Waals surface area (Å²) in [6.07, 6.45) is 0. The lowest BCUT2D eigenvalue weighted by atomic mass is 10.2. The molecule has 7 nitrogen and oxygen atoms in total. The van der Waals surface area contributed by atoms with Gasteiger partial charge in [-0.3, -0.25) is 4.72 Å². The van der Waals surface area contributed by atoms with Gasteiger partial charge in [-0.1, -0.05) is 37.8 Å². The summed E-state index contributed by atoms with van der Waals surface area (Å²) in [4.78, 5) is -0.365. The molecular formula is C22H21FN2O5S2. The summed E-state index contributed by atoms with van der Waals surface area (Å²) in [5.74, 6) is -1.24. The van der Waals surface area contributed by atoms with Gasteiger partial charge in [-0.05, 0) is 42.0 Å². The molecule has 3 N–H and O–H groups in total. The maximum absolute atomic E-state index is 13.9. The van der Waals surface area contributed by atoms with Gasteiger partial charge in [-0.2, -0.15) is 8.42 Å². The number of anilines is 2. The van der Waals surface area contributed by atoms with Crippen LogP contribution in [0.5, 0.6) is 0 Å². The highest BCUT2D eigenvalue weighted by Crippen LogP contribution is 2.30. The predicted octanol–water partition coefficient (Wildman–Crippen LogP) is 4.56. The molecule has 168 valence electrons. The van der Waals surface area contributed by atoms with Crippen LogP contribution in [0.1, 0.15) is 13.0 Å². The molecule has 4 rings (SSSR count).